The molecule has 1 aromatic heterocycles. The predicted molar refractivity (Wildman–Crippen MR) is 78.9 cm³/mol. The molecule has 0 fully saturated rings. The zero-order valence-corrected chi connectivity index (χ0v) is 12.4. The molecule has 8 heteroatoms. The van der Waals surface area contributed by atoms with E-state index in [2.05, 4.69) is 9.97 Å². The van der Waals surface area contributed by atoms with E-state index in [0.717, 1.165) is 5.56 Å². The van der Waals surface area contributed by atoms with Crippen molar-refractivity contribution >= 4 is 16.0 Å². The standard InChI is InChI=1S/C14H13N5O2S/c15-7-10-1-3-12(4-2-10)22(20,21)19-6-5-11-8-17-14(16)18-13(11)9-19/h1-4,8H,5-6,9H2,(H2,16,17,18). The van der Waals surface area contributed by atoms with Gasteiger partial charge in [0.1, 0.15) is 0 Å². The molecule has 22 heavy (non-hydrogen) atoms. The molecule has 1 aliphatic rings. The number of nitriles is 1. The number of rotatable bonds is 2. The summed E-state index contributed by atoms with van der Waals surface area (Å²) < 4.78 is 26.7. The molecule has 2 N–H and O–H groups in total. The summed E-state index contributed by atoms with van der Waals surface area (Å²) in [5, 5.41) is 8.78. The van der Waals surface area contributed by atoms with Crippen LogP contribution in [-0.2, 0) is 23.0 Å². The average molecular weight is 315 g/mol. The van der Waals surface area contributed by atoms with Gasteiger partial charge in [0, 0.05) is 12.7 Å². The predicted octanol–water partition coefficient (Wildman–Crippen LogP) is 0.677. The molecule has 0 radical (unpaired) electrons. The van der Waals surface area contributed by atoms with Crippen LogP contribution in [0.25, 0.3) is 0 Å². The van der Waals surface area contributed by atoms with Gasteiger partial charge in [-0.2, -0.15) is 9.57 Å². The van der Waals surface area contributed by atoms with Crippen molar-refractivity contribution in [3.63, 3.8) is 0 Å². The van der Waals surface area contributed by atoms with E-state index < -0.39 is 10.0 Å². The first-order chi connectivity index (χ1) is 10.5. The lowest BCUT2D eigenvalue weighted by molar-refractivity contribution is 0.385. The second kappa shape index (κ2) is 5.36. The van der Waals surface area contributed by atoms with Crippen LogP contribution >= 0.6 is 0 Å². The van der Waals surface area contributed by atoms with Gasteiger partial charge in [-0.25, -0.2) is 18.4 Å². The maximum atomic E-state index is 12.6. The monoisotopic (exact) mass is 315 g/mol. The lowest BCUT2D eigenvalue weighted by Gasteiger charge is -2.27. The second-order valence-corrected chi connectivity index (χ2v) is 6.86. The van der Waals surface area contributed by atoms with E-state index >= 15 is 0 Å². The van der Waals surface area contributed by atoms with E-state index in [4.69, 9.17) is 11.0 Å². The van der Waals surface area contributed by atoms with Gasteiger partial charge in [0.05, 0.1) is 28.8 Å². The van der Waals surface area contributed by atoms with Crippen molar-refractivity contribution in [1.29, 1.82) is 5.26 Å². The average Bonchev–Trinajstić information content (AvgIpc) is 2.54. The zero-order chi connectivity index (χ0) is 15.7. The molecule has 3 rings (SSSR count). The van der Waals surface area contributed by atoms with Crippen molar-refractivity contribution in [1.82, 2.24) is 14.3 Å². The van der Waals surface area contributed by atoms with Gasteiger partial charge in [-0.1, -0.05) is 0 Å². The molecule has 0 saturated carbocycles. The van der Waals surface area contributed by atoms with Crippen molar-refractivity contribution in [2.75, 3.05) is 12.3 Å². The summed E-state index contributed by atoms with van der Waals surface area (Å²) >= 11 is 0. The Kier molecular flexibility index (Phi) is 3.52. The minimum atomic E-state index is -3.62. The Hall–Kier alpha value is -2.50. The largest absolute Gasteiger partial charge is 0.368 e. The zero-order valence-electron chi connectivity index (χ0n) is 11.6. The Labute approximate surface area is 128 Å². The Morgan fingerprint density at radius 3 is 2.68 bits per heavy atom. The highest BCUT2D eigenvalue weighted by atomic mass is 32.2. The molecule has 1 aromatic carbocycles. The molecule has 0 spiro atoms. The van der Waals surface area contributed by atoms with Gasteiger partial charge < -0.3 is 5.73 Å². The van der Waals surface area contributed by atoms with E-state index in [1.165, 1.54) is 28.6 Å². The second-order valence-electron chi connectivity index (χ2n) is 4.92. The summed E-state index contributed by atoms with van der Waals surface area (Å²) in [6.07, 6.45) is 2.19. The third kappa shape index (κ3) is 2.52. The summed E-state index contributed by atoms with van der Waals surface area (Å²) in [5.74, 6) is 0.136. The van der Waals surface area contributed by atoms with Gasteiger partial charge in [0.25, 0.3) is 0 Å². The van der Waals surface area contributed by atoms with Crippen molar-refractivity contribution in [3.05, 3.63) is 47.3 Å². The Balaban J connectivity index is 1.92. The number of anilines is 1. The summed E-state index contributed by atoms with van der Waals surface area (Å²) in [5.41, 5.74) is 7.53. The van der Waals surface area contributed by atoms with Gasteiger partial charge in [0.15, 0.2) is 0 Å². The molecule has 7 nitrogen and oxygen atoms in total. The highest BCUT2D eigenvalue weighted by molar-refractivity contribution is 7.89. The molecular weight excluding hydrogens is 302 g/mol. The van der Waals surface area contributed by atoms with Gasteiger partial charge in [0.2, 0.25) is 16.0 Å². The lowest BCUT2D eigenvalue weighted by atomic mass is 10.1. The number of hydrogen-bond donors (Lipinski definition) is 1. The normalized spacial score (nSPS) is 15.0. The van der Waals surface area contributed by atoms with E-state index in [9.17, 15) is 8.42 Å². The number of nitrogens with two attached hydrogens (primary N) is 1. The van der Waals surface area contributed by atoms with Crippen LogP contribution < -0.4 is 5.73 Å². The fraction of sp³-hybridized carbons (Fsp3) is 0.214. The maximum absolute atomic E-state index is 12.6. The van der Waals surface area contributed by atoms with Crippen molar-refractivity contribution in [2.45, 2.75) is 17.9 Å². The fourth-order valence-electron chi connectivity index (χ4n) is 2.35. The van der Waals surface area contributed by atoms with E-state index in [0.29, 0.717) is 24.2 Å². The Morgan fingerprint density at radius 1 is 1.27 bits per heavy atom. The van der Waals surface area contributed by atoms with E-state index in [1.54, 1.807) is 6.20 Å². The first-order valence-electron chi connectivity index (χ1n) is 6.61. The molecule has 0 atom stereocenters. The van der Waals surface area contributed by atoms with Crippen molar-refractivity contribution in [3.8, 4) is 6.07 Å². The summed E-state index contributed by atoms with van der Waals surface area (Å²) in [7, 11) is -3.62. The third-order valence-electron chi connectivity index (χ3n) is 3.55. The first-order valence-corrected chi connectivity index (χ1v) is 8.05. The van der Waals surface area contributed by atoms with Gasteiger partial charge >= 0.3 is 0 Å². The number of hydrogen-bond acceptors (Lipinski definition) is 6. The summed E-state index contributed by atoms with van der Waals surface area (Å²) in [6.45, 7) is 0.535. The molecule has 1 aliphatic heterocycles. The van der Waals surface area contributed by atoms with Crippen molar-refractivity contribution < 1.29 is 8.42 Å². The number of aromatic nitrogens is 2. The quantitative estimate of drug-likeness (QED) is 0.871. The summed E-state index contributed by atoms with van der Waals surface area (Å²) in [6, 6.07) is 7.83. The van der Waals surface area contributed by atoms with Crippen LogP contribution in [0.4, 0.5) is 5.95 Å². The van der Waals surface area contributed by atoms with E-state index in [-0.39, 0.29) is 17.4 Å². The van der Waals surface area contributed by atoms with E-state index in [1.807, 2.05) is 6.07 Å². The third-order valence-corrected chi connectivity index (χ3v) is 5.41. The maximum Gasteiger partial charge on any atom is 0.243 e. The van der Waals surface area contributed by atoms with Crippen LogP contribution in [0.3, 0.4) is 0 Å². The number of benzene rings is 1. The van der Waals surface area contributed by atoms with Crippen LogP contribution in [-0.4, -0.2) is 29.2 Å². The molecular formula is C14H13N5O2S. The smallest absolute Gasteiger partial charge is 0.243 e. The molecule has 2 aromatic rings. The lowest BCUT2D eigenvalue weighted by Crippen LogP contribution is -2.36. The molecule has 112 valence electrons. The highest BCUT2D eigenvalue weighted by Gasteiger charge is 2.29. The first kappa shape index (κ1) is 14.4. The molecule has 2 heterocycles. The molecule has 0 bridgehead atoms. The molecule has 0 amide bonds. The minimum absolute atomic E-state index is 0.136. The summed E-state index contributed by atoms with van der Waals surface area (Å²) in [4.78, 5) is 8.20. The van der Waals surface area contributed by atoms with Crippen LogP contribution in [0.15, 0.2) is 35.4 Å². The van der Waals surface area contributed by atoms with Gasteiger partial charge in [-0.3, -0.25) is 0 Å². The minimum Gasteiger partial charge on any atom is -0.368 e. The van der Waals surface area contributed by atoms with Gasteiger partial charge in [-0.05, 0) is 36.2 Å². The molecule has 0 aliphatic carbocycles. The number of nitrogens with zero attached hydrogens (tertiary/aromatic N) is 4. The van der Waals surface area contributed by atoms with Crippen LogP contribution in [0.2, 0.25) is 0 Å². The van der Waals surface area contributed by atoms with Crippen LogP contribution in [0, 0.1) is 11.3 Å². The van der Waals surface area contributed by atoms with Gasteiger partial charge in [-0.15, -0.1) is 0 Å². The number of sulfonamides is 1. The van der Waals surface area contributed by atoms with Crippen LogP contribution in [0.5, 0.6) is 0 Å². The number of nitrogen functional groups attached to an aromatic ring is 1. The highest BCUT2D eigenvalue weighted by Crippen LogP contribution is 2.24. The molecule has 0 saturated heterocycles. The SMILES string of the molecule is N#Cc1ccc(S(=O)(=O)N2CCc3cnc(N)nc3C2)cc1. The van der Waals surface area contributed by atoms with Crippen LogP contribution in [0.1, 0.15) is 16.8 Å². The Morgan fingerprint density at radius 2 is 2.00 bits per heavy atom. The number of fused-ring (bicyclic) bond motifs is 1. The Bertz CT molecular complexity index is 856. The fourth-order valence-corrected chi connectivity index (χ4v) is 3.75. The molecule has 0 unspecified atom stereocenters. The van der Waals surface area contributed by atoms with Crippen molar-refractivity contribution in [2.24, 2.45) is 0 Å². The topological polar surface area (TPSA) is 113 Å².